The van der Waals surface area contributed by atoms with Crippen LogP contribution in [0, 0.1) is 5.41 Å². The number of hydroxylamine groups is 1. The molecular weight excluding hydrogens is 230 g/mol. The molecule has 0 unspecified atom stereocenters. The van der Waals surface area contributed by atoms with Crippen molar-refractivity contribution in [2.24, 2.45) is 5.16 Å². The van der Waals surface area contributed by atoms with Crippen molar-refractivity contribution in [2.75, 3.05) is 0 Å². The number of benzene rings is 1. The molecule has 1 aromatic carbocycles. The number of oxime groups is 1. The predicted octanol–water partition coefficient (Wildman–Crippen LogP) is 2.55. The van der Waals surface area contributed by atoms with Crippen LogP contribution in [0.1, 0.15) is 32.8 Å². The Morgan fingerprint density at radius 1 is 1.39 bits per heavy atom. The average Bonchev–Trinajstić information content (AvgIpc) is 2.38. The molecule has 0 aromatic heterocycles. The highest BCUT2D eigenvalue weighted by molar-refractivity contribution is 6.06. The van der Waals surface area contributed by atoms with Crippen LogP contribution in [0.25, 0.3) is 0 Å². The zero-order valence-corrected chi connectivity index (χ0v) is 10.9. The van der Waals surface area contributed by atoms with Gasteiger partial charge < -0.3 is 10.0 Å². The lowest BCUT2D eigenvalue weighted by molar-refractivity contribution is 0.122. The smallest absolute Gasteiger partial charge is 0.206 e. The molecule has 0 amide bonds. The van der Waals surface area contributed by atoms with Gasteiger partial charge in [0, 0.05) is 12.0 Å². The summed E-state index contributed by atoms with van der Waals surface area (Å²) in [7, 11) is 0. The summed E-state index contributed by atoms with van der Waals surface area (Å²) in [5.74, 6) is 0.133. The SMILES string of the molecule is CCC(=N)ONC(C)(C)/C(=N/O)c1ccccc1. The van der Waals surface area contributed by atoms with Gasteiger partial charge in [-0.2, -0.15) is 0 Å². The number of rotatable bonds is 5. The van der Waals surface area contributed by atoms with E-state index in [0.717, 1.165) is 5.56 Å². The zero-order valence-electron chi connectivity index (χ0n) is 10.9. The van der Waals surface area contributed by atoms with E-state index >= 15 is 0 Å². The third-order valence-electron chi connectivity index (χ3n) is 2.49. The molecule has 0 aliphatic rings. The minimum absolute atomic E-state index is 0.133. The van der Waals surface area contributed by atoms with Crippen LogP contribution in [0.3, 0.4) is 0 Å². The van der Waals surface area contributed by atoms with Crippen molar-refractivity contribution in [1.82, 2.24) is 5.48 Å². The zero-order chi connectivity index (χ0) is 13.6. The fraction of sp³-hybridized carbons (Fsp3) is 0.385. The summed E-state index contributed by atoms with van der Waals surface area (Å²) in [4.78, 5) is 5.10. The van der Waals surface area contributed by atoms with E-state index in [1.807, 2.05) is 51.1 Å². The Hall–Kier alpha value is -1.88. The normalized spacial score (nSPS) is 12.3. The molecule has 0 radical (unpaired) electrons. The quantitative estimate of drug-likeness (QED) is 0.325. The Morgan fingerprint density at radius 2 is 2.00 bits per heavy atom. The van der Waals surface area contributed by atoms with Crippen LogP contribution in [-0.2, 0) is 4.84 Å². The highest BCUT2D eigenvalue weighted by atomic mass is 16.7. The van der Waals surface area contributed by atoms with Crippen molar-refractivity contribution in [3.63, 3.8) is 0 Å². The Bertz CT molecular complexity index is 427. The van der Waals surface area contributed by atoms with Gasteiger partial charge >= 0.3 is 0 Å². The fourth-order valence-corrected chi connectivity index (χ4v) is 1.45. The summed E-state index contributed by atoms with van der Waals surface area (Å²) in [6.45, 7) is 5.46. The third kappa shape index (κ3) is 3.56. The Balaban J connectivity index is 2.85. The van der Waals surface area contributed by atoms with E-state index in [1.165, 1.54) is 0 Å². The van der Waals surface area contributed by atoms with Gasteiger partial charge in [-0.3, -0.25) is 5.41 Å². The van der Waals surface area contributed by atoms with Crippen LogP contribution in [0.15, 0.2) is 35.5 Å². The monoisotopic (exact) mass is 249 g/mol. The van der Waals surface area contributed by atoms with Gasteiger partial charge in [-0.05, 0) is 13.8 Å². The number of hydrogen-bond acceptors (Lipinski definition) is 5. The van der Waals surface area contributed by atoms with Gasteiger partial charge in [-0.15, -0.1) is 5.48 Å². The van der Waals surface area contributed by atoms with Crippen LogP contribution >= 0.6 is 0 Å². The molecule has 0 atom stereocenters. The summed E-state index contributed by atoms with van der Waals surface area (Å²) in [5.41, 5.74) is 3.28. The van der Waals surface area contributed by atoms with E-state index in [-0.39, 0.29) is 5.90 Å². The minimum Gasteiger partial charge on any atom is -0.411 e. The van der Waals surface area contributed by atoms with Gasteiger partial charge in [-0.25, -0.2) is 0 Å². The largest absolute Gasteiger partial charge is 0.411 e. The highest BCUT2D eigenvalue weighted by Gasteiger charge is 2.28. The lowest BCUT2D eigenvalue weighted by Crippen LogP contribution is -2.48. The lowest BCUT2D eigenvalue weighted by Gasteiger charge is -2.26. The predicted molar refractivity (Wildman–Crippen MR) is 71.1 cm³/mol. The summed E-state index contributed by atoms with van der Waals surface area (Å²) >= 11 is 0. The van der Waals surface area contributed by atoms with Gasteiger partial charge in [0.1, 0.15) is 5.71 Å². The van der Waals surface area contributed by atoms with Gasteiger partial charge in [0.2, 0.25) is 5.90 Å². The Kier molecular flexibility index (Phi) is 4.85. The van der Waals surface area contributed by atoms with E-state index in [9.17, 15) is 5.21 Å². The van der Waals surface area contributed by atoms with Gasteiger partial charge in [-0.1, -0.05) is 42.4 Å². The van der Waals surface area contributed by atoms with Crippen LogP contribution in [0.4, 0.5) is 0 Å². The molecule has 5 heteroatoms. The molecule has 3 N–H and O–H groups in total. The molecule has 1 aromatic rings. The second kappa shape index (κ2) is 6.16. The number of nitrogens with zero attached hydrogens (tertiary/aromatic N) is 1. The first-order valence-corrected chi connectivity index (χ1v) is 5.80. The maximum atomic E-state index is 9.18. The van der Waals surface area contributed by atoms with E-state index < -0.39 is 5.54 Å². The molecule has 0 spiro atoms. The number of hydrogen-bond donors (Lipinski definition) is 3. The molecule has 0 fully saturated rings. The molecule has 5 nitrogen and oxygen atoms in total. The van der Waals surface area contributed by atoms with Crippen molar-refractivity contribution in [3.8, 4) is 0 Å². The second-order valence-corrected chi connectivity index (χ2v) is 4.42. The summed E-state index contributed by atoms with van der Waals surface area (Å²) in [6.07, 6.45) is 0.500. The van der Waals surface area contributed by atoms with E-state index in [2.05, 4.69) is 10.6 Å². The highest BCUT2D eigenvalue weighted by Crippen LogP contribution is 2.14. The molecule has 0 aliphatic carbocycles. The molecule has 0 heterocycles. The lowest BCUT2D eigenvalue weighted by atomic mass is 9.93. The van der Waals surface area contributed by atoms with Crippen LogP contribution in [-0.4, -0.2) is 22.4 Å². The minimum atomic E-state index is -0.711. The first-order valence-electron chi connectivity index (χ1n) is 5.80. The topological polar surface area (TPSA) is 77.7 Å². The molecule has 0 aliphatic heterocycles. The standard InChI is InChI=1S/C13H19N3O2/c1-4-11(14)18-16-13(2,3)12(15-17)10-8-6-5-7-9-10/h5-9,14,16-17H,4H2,1-3H3/b14-11?,15-12+. The maximum Gasteiger partial charge on any atom is 0.206 e. The van der Waals surface area contributed by atoms with Crippen LogP contribution in [0.2, 0.25) is 0 Å². The van der Waals surface area contributed by atoms with Gasteiger partial charge in [0.15, 0.2) is 0 Å². The Labute approximate surface area is 107 Å². The molecule has 0 saturated carbocycles. The van der Waals surface area contributed by atoms with E-state index in [0.29, 0.717) is 12.1 Å². The van der Waals surface area contributed by atoms with Crippen molar-refractivity contribution in [3.05, 3.63) is 35.9 Å². The van der Waals surface area contributed by atoms with Gasteiger partial charge in [0.25, 0.3) is 0 Å². The van der Waals surface area contributed by atoms with E-state index in [1.54, 1.807) is 0 Å². The molecule has 18 heavy (non-hydrogen) atoms. The van der Waals surface area contributed by atoms with Crippen molar-refractivity contribution >= 4 is 11.6 Å². The number of nitrogens with one attached hydrogen (secondary N) is 2. The van der Waals surface area contributed by atoms with Gasteiger partial charge in [0.05, 0.1) is 5.54 Å². The molecule has 0 bridgehead atoms. The second-order valence-electron chi connectivity index (χ2n) is 4.42. The Morgan fingerprint density at radius 3 is 2.50 bits per heavy atom. The average molecular weight is 249 g/mol. The third-order valence-corrected chi connectivity index (χ3v) is 2.49. The first-order chi connectivity index (χ1) is 8.51. The summed E-state index contributed by atoms with van der Waals surface area (Å²) in [6, 6.07) is 9.33. The summed E-state index contributed by atoms with van der Waals surface area (Å²) in [5, 5.41) is 19.9. The van der Waals surface area contributed by atoms with Crippen LogP contribution in [0.5, 0.6) is 0 Å². The molecule has 0 saturated heterocycles. The van der Waals surface area contributed by atoms with Crippen molar-refractivity contribution in [2.45, 2.75) is 32.7 Å². The van der Waals surface area contributed by atoms with Crippen molar-refractivity contribution in [1.29, 1.82) is 5.41 Å². The first kappa shape index (κ1) is 14.2. The fourth-order valence-electron chi connectivity index (χ4n) is 1.45. The van der Waals surface area contributed by atoms with Crippen molar-refractivity contribution < 1.29 is 10.0 Å². The van der Waals surface area contributed by atoms with Crippen LogP contribution < -0.4 is 5.48 Å². The van der Waals surface area contributed by atoms with E-state index in [4.69, 9.17) is 10.2 Å². The molecule has 1 rings (SSSR count). The summed E-state index contributed by atoms with van der Waals surface area (Å²) < 4.78 is 0. The molecule has 98 valence electrons. The molecular formula is C13H19N3O2. The maximum absolute atomic E-state index is 9.18.